The van der Waals surface area contributed by atoms with Crippen molar-refractivity contribution in [3.63, 3.8) is 0 Å². The molecule has 0 saturated heterocycles. The van der Waals surface area contributed by atoms with Crippen molar-refractivity contribution in [3.05, 3.63) is 59.0 Å². The third-order valence-corrected chi connectivity index (χ3v) is 14.5. The number of thiazole rings is 1. The number of nitrogens with one attached hydrogen (secondary N) is 2. The Morgan fingerprint density at radius 3 is 2.55 bits per heavy atom. The molecule has 318 valence electrons. The van der Waals surface area contributed by atoms with Crippen LogP contribution in [0.2, 0.25) is 0 Å². The molecule has 15 heteroatoms. The van der Waals surface area contributed by atoms with Crippen LogP contribution >= 0.6 is 11.3 Å². The maximum Gasteiger partial charge on any atom is 0.355 e. The lowest BCUT2D eigenvalue weighted by Gasteiger charge is -2.69. The molecule has 4 saturated carbocycles. The molecule has 4 aliphatic carbocycles. The van der Waals surface area contributed by atoms with Crippen LogP contribution in [0.1, 0.15) is 98.9 Å². The van der Waals surface area contributed by atoms with Gasteiger partial charge in [0.1, 0.15) is 11.6 Å². The van der Waals surface area contributed by atoms with Crippen molar-refractivity contribution in [2.24, 2.45) is 16.2 Å². The van der Waals surface area contributed by atoms with Crippen LogP contribution < -0.4 is 20.3 Å². The van der Waals surface area contributed by atoms with E-state index in [1.807, 2.05) is 48.4 Å². The maximum atomic E-state index is 13.0. The highest BCUT2D eigenvalue weighted by molar-refractivity contribution is 7.22. The molecule has 4 N–H and O–H groups in total. The molecule has 5 aliphatic rings. The van der Waals surface area contributed by atoms with Gasteiger partial charge in [0.25, 0.3) is 0 Å². The molecule has 4 fully saturated rings. The van der Waals surface area contributed by atoms with E-state index in [9.17, 15) is 9.90 Å². The van der Waals surface area contributed by atoms with Crippen LogP contribution in [0.25, 0.3) is 21.3 Å². The number of rotatable bonds is 16. The molecule has 0 radical (unpaired) electrons. The van der Waals surface area contributed by atoms with Gasteiger partial charge in [-0.25, -0.2) is 14.8 Å². The van der Waals surface area contributed by atoms with Gasteiger partial charge in [-0.2, -0.15) is 5.10 Å². The first-order valence-electron chi connectivity index (χ1n) is 21.4. The van der Waals surface area contributed by atoms with Crippen molar-refractivity contribution in [1.82, 2.24) is 35.3 Å². The van der Waals surface area contributed by atoms with Gasteiger partial charge in [0.2, 0.25) is 0 Å². The Morgan fingerprint density at radius 2 is 1.78 bits per heavy atom. The zero-order valence-electron chi connectivity index (χ0n) is 35.4. The van der Waals surface area contributed by atoms with Gasteiger partial charge in [-0.15, -0.1) is 10.2 Å². The number of aromatic carboxylic acids is 1. The van der Waals surface area contributed by atoms with Gasteiger partial charge >= 0.3 is 5.97 Å². The number of methoxy groups -OCH3 is 1. The Balaban J connectivity index is 0.943. The average molecular weight is 836 g/mol. The minimum absolute atomic E-state index is 0.00939. The van der Waals surface area contributed by atoms with Gasteiger partial charge in [0.15, 0.2) is 22.5 Å². The fourth-order valence-corrected chi connectivity index (χ4v) is 13.1. The minimum atomic E-state index is -1.09. The Kier molecular flexibility index (Phi) is 10.6. The van der Waals surface area contributed by atoms with Crippen molar-refractivity contribution >= 4 is 50.1 Å². The van der Waals surface area contributed by atoms with Crippen molar-refractivity contribution < 1.29 is 24.5 Å². The molecule has 5 heterocycles. The summed E-state index contributed by atoms with van der Waals surface area (Å²) in [6, 6.07) is 9.61. The fourth-order valence-electron chi connectivity index (χ4n) is 12.3. The van der Waals surface area contributed by atoms with Gasteiger partial charge in [-0.05, 0) is 125 Å². The molecule has 1 aliphatic heterocycles. The summed E-state index contributed by atoms with van der Waals surface area (Å²) >= 11 is 1.54. The number of aliphatic hydroxyl groups excluding tert-OH is 1. The number of aliphatic hydroxyl groups is 1. The predicted octanol–water partition coefficient (Wildman–Crippen LogP) is 7.99. The summed E-state index contributed by atoms with van der Waals surface area (Å²) in [6.45, 7) is 13.0. The topological polar surface area (TPSA) is 173 Å². The van der Waals surface area contributed by atoms with Crippen molar-refractivity contribution in [2.75, 3.05) is 50.2 Å². The van der Waals surface area contributed by atoms with Crippen LogP contribution in [0, 0.1) is 30.1 Å². The van der Waals surface area contributed by atoms with Gasteiger partial charge in [-0.1, -0.05) is 25.2 Å². The number of benzene rings is 1. The number of fused-ring (bicyclic) bond motifs is 2. The van der Waals surface area contributed by atoms with E-state index in [0.29, 0.717) is 36.2 Å². The van der Waals surface area contributed by atoms with Gasteiger partial charge in [-0.3, -0.25) is 4.68 Å². The number of anilines is 4. The molecular formula is C45H57N9O5S. The van der Waals surface area contributed by atoms with Gasteiger partial charge < -0.3 is 35.2 Å². The first kappa shape index (κ1) is 40.7. The highest BCUT2D eigenvalue weighted by atomic mass is 32.1. The highest BCUT2D eigenvalue weighted by Gasteiger charge is 2.66. The third-order valence-electron chi connectivity index (χ3n) is 13.5. The van der Waals surface area contributed by atoms with E-state index in [2.05, 4.69) is 46.3 Å². The fraction of sp³-hybridized carbons (Fsp3) is 0.556. The molecule has 0 spiro atoms. The van der Waals surface area contributed by atoms with E-state index < -0.39 is 5.97 Å². The summed E-state index contributed by atoms with van der Waals surface area (Å²) in [7, 11) is 1.64. The smallest absolute Gasteiger partial charge is 0.355 e. The number of carboxylic acids is 1. The summed E-state index contributed by atoms with van der Waals surface area (Å²) in [6.07, 6.45) is 12.0. The standard InChI is InChI=1S/C45H57N9O5S/c1-28-31-9-8-16-53(39(31)52-51-38(28)50-41-48-34-19-30(58-5)10-12-35(34)60-41)36-13-11-32(37(49-36)40(56)57)33-20-47-54(29(33)2)27-44-22-42(3)21-43(4,23-44)25-45(24-42,26-44)59-18-15-46-14-6-7-17-55/h10-13,19-20,46,55H,6-9,14-18,21-27H2,1-5H3,(H,56,57)(H,48,50,51). The van der Waals surface area contributed by atoms with Crippen LogP contribution in [-0.4, -0.2) is 91.7 Å². The quantitative estimate of drug-likeness (QED) is 0.0706. The number of aromatic nitrogens is 6. The summed E-state index contributed by atoms with van der Waals surface area (Å²) in [5, 5.41) is 41.5. The highest BCUT2D eigenvalue weighted by Crippen LogP contribution is 2.72. The number of pyridine rings is 1. The second kappa shape index (κ2) is 15.6. The van der Waals surface area contributed by atoms with Crippen LogP contribution in [0.5, 0.6) is 5.75 Å². The lowest BCUT2D eigenvalue weighted by atomic mass is 9.39. The summed E-state index contributed by atoms with van der Waals surface area (Å²) in [4.78, 5) is 24.5. The first-order valence-corrected chi connectivity index (χ1v) is 22.2. The van der Waals surface area contributed by atoms with Gasteiger partial charge in [0, 0.05) is 60.3 Å². The molecule has 60 heavy (non-hydrogen) atoms. The second-order valence-corrected chi connectivity index (χ2v) is 19.8. The van der Waals surface area contributed by atoms with Gasteiger partial charge in [0.05, 0.1) is 35.7 Å². The Morgan fingerprint density at radius 1 is 0.967 bits per heavy atom. The molecule has 2 atom stereocenters. The summed E-state index contributed by atoms with van der Waals surface area (Å²) in [5.74, 6) is 1.52. The van der Waals surface area contributed by atoms with E-state index in [1.54, 1.807) is 7.11 Å². The first-order chi connectivity index (χ1) is 28.8. The van der Waals surface area contributed by atoms with E-state index in [1.165, 1.54) is 17.8 Å². The van der Waals surface area contributed by atoms with Crippen LogP contribution in [0.15, 0.2) is 36.5 Å². The molecular weight excluding hydrogens is 779 g/mol. The largest absolute Gasteiger partial charge is 0.497 e. The number of nitrogens with zero attached hydrogens (tertiary/aromatic N) is 7. The van der Waals surface area contributed by atoms with Crippen molar-refractivity contribution in [3.8, 4) is 16.9 Å². The van der Waals surface area contributed by atoms with Crippen LogP contribution in [-0.2, 0) is 17.7 Å². The average Bonchev–Trinajstić information content (AvgIpc) is 3.77. The molecule has 0 amide bonds. The minimum Gasteiger partial charge on any atom is -0.497 e. The van der Waals surface area contributed by atoms with E-state index in [4.69, 9.17) is 29.6 Å². The Hall–Kier alpha value is -4.70. The molecule has 4 bridgehead atoms. The zero-order chi connectivity index (χ0) is 41.9. The SMILES string of the molecule is COc1ccc2sc(Nc3nnc4c(c3C)CCCN4c3ccc(-c4cnn(CC56CC7(C)CC(C)(C5)CC(OCCNCCCCO)(C7)C6)c4C)c(C(=O)O)n3)nc2c1. The second-order valence-electron chi connectivity index (χ2n) is 18.8. The Labute approximate surface area is 355 Å². The zero-order valence-corrected chi connectivity index (χ0v) is 36.3. The predicted molar refractivity (Wildman–Crippen MR) is 233 cm³/mol. The van der Waals surface area contributed by atoms with E-state index in [0.717, 1.165) is 121 Å². The van der Waals surface area contributed by atoms with E-state index in [-0.39, 0.29) is 34.1 Å². The van der Waals surface area contributed by atoms with E-state index >= 15 is 0 Å². The van der Waals surface area contributed by atoms with Crippen LogP contribution in [0.3, 0.4) is 0 Å². The number of hydrogen-bond donors (Lipinski definition) is 4. The number of ether oxygens (including phenoxy) is 2. The van der Waals surface area contributed by atoms with Crippen molar-refractivity contribution in [1.29, 1.82) is 0 Å². The monoisotopic (exact) mass is 835 g/mol. The Bertz CT molecular complexity index is 2410. The molecule has 5 aromatic rings. The molecule has 10 rings (SSSR count). The third kappa shape index (κ3) is 7.62. The molecule has 4 aromatic heterocycles. The lowest BCUT2D eigenvalue weighted by Crippen LogP contribution is -2.64. The molecule has 2 unspecified atom stereocenters. The van der Waals surface area contributed by atoms with Crippen LogP contribution in [0.4, 0.5) is 22.6 Å². The van der Waals surface area contributed by atoms with Crippen molar-refractivity contribution in [2.45, 2.75) is 104 Å². The lowest BCUT2D eigenvalue weighted by molar-refractivity contribution is -0.247. The maximum absolute atomic E-state index is 13.0. The number of unbranched alkanes of at least 4 members (excludes halogenated alkanes) is 1. The number of hydrogen-bond acceptors (Lipinski definition) is 13. The summed E-state index contributed by atoms with van der Waals surface area (Å²) in [5.41, 5.74) is 5.44. The number of carboxylic acid groups (broad SMARTS) is 1. The molecule has 14 nitrogen and oxygen atoms in total. The summed E-state index contributed by atoms with van der Waals surface area (Å²) < 4.78 is 15.4. The number of carbonyl (C=O) groups is 1. The molecule has 1 aromatic carbocycles. The normalized spacial score (nSPS) is 25.5.